The topological polar surface area (TPSA) is 35.2 Å². The van der Waals surface area contributed by atoms with E-state index >= 15 is 0 Å². The number of allylic oxidation sites excluding steroid dienone is 2. The molecule has 14 heavy (non-hydrogen) atoms. The zero-order valence-corrected chi connectivity index (χ0v) is 11.1. The molecule has 0 bridgehead atoms. The molecule has 1 fully saturated rings. The summed E-state index contributed by atoms with van der Waals surface area (Å²) in [7, 11) is 1.12. The Morgan fingerprint density at radius 2 is 2.36 bits per heavy atom. The van der Waals surface area contributed by atoms with E-state index in [-0.39, 0.29) is 5.22 Å². The summed E-state index contributed by atoms with van der Waals surface area (Å²) in [6.07, 6.45) is 9.67. The maximum absolute atomic E-state index is 5.85. The minimum atomic E-state index is 0.218. The highest BCUT2D eigenvalue weighted by Gasteiger charge is 2.26. The van der Waals surface area contributed by atoms with Gasteiger partial charge in [-0.3, -0.25) is 0 Å². The smallest absolute Gasteiger partial charge is 0.0489 e. The lowest BCUT2D eigenvalue weighted by Crippen LogP contribution is -2.36. The molecule has 2 N–H and O–H groups in total. The van der Waals surface area contributed by atoms with E-state index in [1.165, 1.54) is 19.3 Å². The van der Waals surface area contributed by atoms with Crippen molar-refractivity contribution in [3.63, 3.8) is 0 Å². The van der Waals surface area contributed by atoms with E-state index in [1.54, 1.807) is 6.08 Å². The lowest BCUT2D eigenvalue weighted by molar-refractivity contribution is -0.0219. The molecule has 80 valence electrons. The second kappa shape index (κ2) is 5.37. The fraction of sp³-hybridized carbons (Fsp3) is 0.636. The highest BCUT2D eigenvalue weighted by atomic mass is 28.1. The van der Waals surface area contributed by atoms with Crippen molar-refractivity contribution in [3.8, 4) is 0 Å². The first kappa shape index (κ1) is 11.5. The van der Waals surface area contributed by atoms with Crippen LogP contribution in [-0.2, 0) is 4.74 Å². The third kappa shape index (κ3) is 3.68. The normalized spacial score (nSPS) is 29.0. The van der Waals surface area contributed by atoms with Crippen LogP contribution in [0.4, 0.5) is 0 Å². The van der Waals surface area contributed by atoms with Gasteiger partial charge in [-0.15, -0.1) is 0 Å². The maximum atomic E-state index is 5.85. The molecule has 3 heteroatoms. The van der Waals surface area contributed by atoms with E-state index < -0.39 is 0 Å². The Kier molecular flexibility index (Phi) is 4.42. The van der Waals surface area contributed by atoms with Gasteiger partial charge in [-0.05, 0) is 38.2 Å². The van der Waals surface area contributed by atoms with Crippen molar-refractivity contribution in [1.82, 2.24) is 0 Å². The molecule has 1 heterocycles. The van der Waals surface area contributed by atoms with Crippen LogP contribution in [0.15, 0.2) is 24.4 Å². The lowest BCUT2D eigenvalue weighted by atomic mass is 10.0. The van der Waals surface area contributed by atoms with E-state index in [1.807, 2.05) is 6.08 Å². The molecule has 0 saturated carbocycles. The highest BCUT2D eigenvalue weighted by molar-refractivity contribution is 6.14. The van der Waals surface area contributed by atoms with E-state index in [2.05, 4.69) is 6.58 Å². The predicted octanol–water partition coefficient (Wildman–Crippen LogP) is 1.06. The summed E-state index contributed by atoms with van der Waals surface area (Å²) in [5.74, 6) is 0. The van der Waals surface area contributed by atoms with E-state index in [9.17, 15) is 0 Å². The Morgan fingerprint density at radius 3 is 2.93 bits per heavy atom. The third-order valence-corrected chi connectivity index (χ3v) is 4.13. The fourth-order valence-electron chi connectivity index (χ4n) is 1.82. The van der Waals surface area contributed by atoms with Crippen molar-refractivity contribution in [1.29, 1.82) is 0 Å². The van der Waals surface area contributed by atoms with Gasteiger partial charge in [0.2, 0.25) is 0 Å². The monoisotopic (exact) mass is 211 g/mol. The fourth-order valence-corrected chi connectivity index (χ4v) is 2.66. The van der Waals surface area contributed by atoms with Crippen LogP contribution in [-0.4, -0.2) is 22.1 Å². The average Bonchev–Trinajstić information content (AvgIpc) is 2.18. The van der Waals surface area contributed by atoms with Crippen molar-refractivity contribution in [3.05, 3.63) is 24.4 Å². The molecule has 1 rings (SSSR count). The molecule has 1 unspecified atom stereocenters. The molecule has 0 aliphatic carbocycles. The summed E-state index contributed by atoms with van der Waals surface area (Å²) in [5.41, 5.74) is 6.43. The Bertz CT molecular complexity index is 219. The summed E-state index contributed by atoms with van der Waals surface area (Å²) >= 11 is 0. The standard InChI is InChI=1S/C11H21NOSi/c1-2-10(12)6-5-8-11(14)7-3-4-9-13-11/h2,6H,1,3-5,7-9,12H2,14H3. The number of rotatable bonds is 4. The minimum absolute atomic E-state index is 0.218. The van der Waals surface area contributed by atoms with Crippen LogP contribution < -0.4 is 5.73 Å². The minimum Gasteiger partial charge on any atom is -0.399 e. The molecule has 0 radical (unpaired) electrons. The van der Waals surface area contributed by atoms with Crippen LogP contribution in [0, 0.1) is 0 Å². The summed E-state index contributed by atoms with van der Waals surface area (Å²) in [5, 5.41) is 0.218. The molecular weight excluding hydrogens is 190 g/mol. The van der Waals surface area contributed by atoms with Gasteiger partial charge >= 0.3 is 0 Å². The average molecular weight is 211 g/mol. The maximum Gasteiger partial charge on any atom is 0.0489 e. The Labute approximate surface area is 89.6 Å². The molecule has 1 saturated heterocycles. The molecule has 1 aliphatic heterocycles. The zero-order chi connectivity index (χ0) is 10.4. The SMILES string of the molecule is C=CC(N)=CCCC1([SiH3])CCCCO1. The first-order chi connectivity index (χ1) is 6.66. The Hall–Kier alpha value is -0.543. The summed E-state index contributed by atoms with van der Waals surface area (Å²) < 4.78 is 5.85. The van der Waals surface area contributed by atoms with Crippen LogP contribution in [0.2, 0.25) is 0 Å². The number of hydrogen-bond acceptors (Lipinski definition) is 2. The summed E-state index contributed by atoms with van der Waals surface area (Å²) in [6, 6.07) is 0. The Balaban J connectivity index is 2.32. The van der Waals surface area contributed by atoms with Crippen molar-refractivity contribution in [2.45, 2.75) is 37.3 Å². The molecule has 2 nitrogen and oxygen atoms in total. The quantitative estimate of drug-likeness (QED) is 0.557. The van der Waals surface area contributed by atoms with E-state index in [0.29, 0.717) is 0 Å². The number of nitrogens with two attached hydrogens (primary N) is 1. The second-order valence-electron chi connectivity index (χ2n) is 4.20. The van der Waals surface area contributed by atoms with Gasteiger partial charge in [0.1, 0.15) is 0 Å². The molecular formula is C11H21NOSi. The van der Waals surface area contributed by atoms with Crippen molar-refractivity contribution < 1.29 is 4.74 Å². The number of ether oxygens (including phenoxy) is 1. The zero-order valence-electron chi connectivity index (χ0n) is 9.09. The van der Waals surface area contributed by atoms with Gasteiger partial charge in [-0.25, -0.2) is 0 Å². The summed E-state index contributed by atoms with van der Waals surface area (Å²) in [6.45, 7) is 4.58. The third-order valence-electron chi connectivity index (χ3n) is 2.84. The van der Waals surface area contributed by atoms with Gasteiger partial charge in [0.15, 0.2) is 0 Å². The van der Waals surface area contributed by atoms with Crippen LogP contribution in [0.25, 0.3) is 0 Å². The van der Waals surface area contributed by atoms with E-state index in [0.717, 1.165) is 35.4 Å². The molecule has 1 atom stereocenters. The van der Waals surface area contributed by atoms with Crippen molar-refractivity contribution >= 4 is 10.2 Å². The van der Waals surface area contributed by atoms with Gasteiger partial charge in [0, 0.05) is 27.8 Å². The van der Waals surface area contributed by atoms with Crippen LogP contribution in [0.5, 0.6) is 0 Å². The van der Waals surface area contributed by atoms with Gasteiger partial charge in [0.25, 0.3) is 0 Å². The van der Waals surface area contributed by atoms with Crippen LogP contribution in [0.3, 0.4) is 0 Å². The summed E-state index contributed by atoms with van der Waals surface area (Å²) in [4.78, 5) is 0. The molecule has 0 amide bonds. The Morgan fingerprint density at radius 1 is 1.57 bits per heavy atom. The first-order valence-corrected chi connectivity index (χ1v) is 6.38. The van der Waals surface area contributed by atoms with Crippen molar-refractivity contribution in [2.75, 3.05) is 6.61 Å². The van der Waals surface area contributed by atoms with Crippen LogP contribution >= 0.6 is 0 Å². The van der Waals surface area contributed by atoms with Crippen LogP contribution in [0.1, 0.15) is 32.1 Å². The molecule has 0 aromatic carbocycles. The molecule has 0 spiro atoms. The number of hydrogen-bond donors (Lipinski definition) is 1. The lowest BCUT2D eigenvalue weighted by Gasteiger charge is -2.33. The van der Waals surface area contributed by atoms with Gasteiger partial charge in [-0.2, -0.15) is 0 Å². The first-order valence-electron chi connectivity index (χ1n) is 5.38. The second-order valence-corrected chi connectivity index (χ2v) is 6.02. The van der Waals surface area contributed by atoms with E-state index in [4.69, 9.17) is 10.5 Å². The van der Waals surface area contributed by atoms with Crippen molar-refractivity contribution in [2.24, 2.45) is 5.73 Å². The van der Waals surface area contributed by atoms with Gasteiger partial charge in [-0.1, -0.05) is 12.7 Å². The molecule has 1 aliphatic rings. The predicted molar refractivity (Wildman–Crippen MR) is 64.2 cm³/mol. The molecule has 0 aromatic heterocycles. The highest BCUT2D eigenvalue weighted by Crippen LogP contribution is 2.26. The molecule has 0 aromatic rings. The largest absolute Gasteiger partial charge is 0.399 e. The van der Waals surface area contributed by atoms with Gasteiger partial charge in [0.05, 0.1) is 0 Å². The van der Waals surface area contributed by atoms with Gasteiger partial charge < -0.3 is 10.5 Å².